The molecule has 0 amide bonds. The Labute approximate surface area is 145 Å². The zero-order valence-electron chi connectivity index (χ0n) is 14.6. The van der Waals surface area contributed by atoms with Crippen LogP contribution in [-0.4, -0.2) is 53.8 Å². The first-order valence-corrected chi connectivity index (χ1v) is 10.8. The lowest BCUT2D eigenvalue weighted by atomic mass is 9.68. The van der Waals surface area contributed by atoms with Crippen molar-refractivity contribution < 1.29 is 18.3 Å². The number of piperidine rings is 2. The largest absolute Gasteiger partial charge is 0.481 e. The molecule has 3 rings (SSSR count). The van der Waals surface area contributed by atoms with Gasteiger partial charge >= 0.3 is 5.97 Å². The molecule has 1 spiro atoms. The fourth-order valence-corrected chi connectivity index (χ4v) is 6.78. The van der Waals surface area contributed by atoms with E-state index in [2.05, 4.69) is 0 Å². The average Bonchev–Trinajstić information content (AvgIpc) is 2.56. The summed E-state index contributed by atoms with van der Waals surface area (Å²) in [6, 6.07) is -0.466. The number of hydrogen-bond donors (Lipinski definition) is 1. The highest BCUT2D eigenvalue weighted by molar-refractivity contribution is 7.86. The molecule has 0 aromatic rings. The molecule has 1 aliphatic carbocycles. The fourth-order valence-electron chi connectivity index (χ4n) is 4.91. The van der Waals surface area contributed by atoms with Gasteiger partial charge < -0.3 is 5.11 Å². The number of aliphatic carboxylic acids is 1. The fraction of sp³-hybridized carbons (Fsp3) is 0.941. The molecule has 6 nitrogen and oxygen atoms in total. The molecule has 2 aliphatic heterocycles. The van der Waals surface area contributed by atoms with E-state index in [0.29, 0.717) is 37.9 Å². The van der Waals surface area contributed by atoms with Crippen molar-refractivity contribution in [2.45, 2.75) is 70.8 Å². The summed E-state index contributed by atoms with van der Waals surface area (Å²) >= 11 is 0. The van der Waals surface area contributed by atoms with Gasteiger partial charge in [0, 0.05) is 25.7 Å². The Kier molecular flexibility index (Phi) is 5.23. The van der Waals surface area contributed by atoms with E-state index in [4.69, 9.17) is 0 Å². The molecule has 2 saturated heterocycles. The molecule has 1 N–H and O–H groups in total. The Morgan fingerprint density at radius 1 is 1.00 bits per heavy atom. The number of nitrogens with zero attached hydrogens (tertiary/aromatic N) is 2. The van der Waals surface area contributed by atoms with Crippen molar-refractivity contribution in [1.29, 1.82) is 0 Å². The minimum absolute atomic E-state index is 0.362. The van der Waals surface area contributed by atoms with Gasteiger partial charge in [-0.05, 0) is 50.9 Å². The second kappa shape index (κ2) is 6.92. The minimum Gasteiger partial charge on any atom is -0.481 e. The highest BCUT2D eigenvalue weighted by atomic mass is 32.2. The van der Waals surface area contributed by atoms with E-state index in [0.717, 1.165) is 12.8 Å². The first kappa shape index (κ1) is 18.1. The van der Waals surface area contributed by atoms with Gasteiger partial charge in [-0.25, -0.2) is 0 Å². The summed E-state index contributed by atoms with van der Waals surface area (Å²) in [6.45, 7) is 3.35. The number of carboxylic acids is 1. The topological polar surface area (TPSA) is 77.9 Å². The molecule has 3 aliphatic rings. The second-order valence-electron chi connectivity index (χ2n) is 7.91. The van der Waals surface area contributed by atoms with Gasteiger partial charge in [0.05, 0.1) is 5.92 Å². The monoisotopic (exact) mass is 358 g/mol. The van der Waals surface area contributed by atoms with Gasteiger partial charge in [-0.2, -0.15) is 17.0 Å². The van der Waals surface area contributed by atoms with Crippen LogP contribution >= 0.6 is 0 Å². The van der Waals surface area contributed by atoms with Crippen LogP contribution in [0.3, 0.4) is 0 Å². The first-order chi connectivity index (χ1) is 11.4. The lowest BCUT2D eigenvalue weighted by molar-refractivity contribution is -0.144. The van der Waals surface area contributed by atoms with Crippen LogP contribution in [0.5, 0.6) is 0 Å². The second-order valence-corrected chi connectivity index (χ2v) is 9.79. The highest BCUT2D eigenvalue weighted by Gasteiger charge is 2.44. The van der Waals surface area contributed by atoms with Crippen molar-refractivity contribution in [2.24, 2.45) is 11.3 Å². The van der Waals surface area contributed by atoms with E-state index in [1.165, 1.54) is 36.4 Å². The van der Waals surface area contributed by atoms with Crippen LogP contribution in [0.15, 0.2) is 0 Å². The van der Waals surface area contributed by atoms with Gasteiger partial charge in [-0.15, -0.1) is 0 Å². The van der Waals surface area contributed by atoms with Gasteiger partial charge in [0.25, 0.3) is 10.2 Å². The van der Waals surface area contributed by atoms with Crippen LogP contribution in [0.25, 0.3) is 0 Å². The molecule has 24 heavy (non-hydrogen) atoms. The van der Waals surface area contributed by atoms with Crippen molar-refractivity contribution in [1.82, 2.24) is 8.61 Å². The summed E-state index contributed by atoms with van der Waals surface area (Å²) in [5.74, 6) is -1.48. The quantitative estimate of drug-likeness (QED) is 0.841. The summed E-state index contributed by atoms with van der Waals surface area (Å²) in [5.41, 5.74) is 0.362. The van der Waals surface area contributed by atoms with Gasteiger partial charge in [-0.3, -0.25) is 4.79 Å². The average molecular weight is 359 g/mol. The van der Waals surface area contributed by atoms with E-state index in [1.54, 1.807) is 11.2 Å². The van der Waals surface area contributed by atoms with Crippen molar-refractivity contribution in [3.05, 3.63) is 0 Å². The molecule has 2 atom stereocenters. The number of carboxylic acid groups (broad SMARTS) is 1. The lowest BCUT2D eigenvalue weighted by Gasteiger charge is -2.46. The Morgan fingerprint density at radius 2 is 1.62 bits per heavy atom. The standard InChI is InChI=1S/C17H30N2O4S/c1-14-15(16(20)21)6-5-11-19(14)24(22,23)18-12-9-17(10-13-18)7-3-2-4-8-17/h14-15H,2-13H2,1H3,(H,20,21)/t14-,15-/m1/s1. The molecule has 0 unspecified atom stereocenters. The molecule has 2 heterocycles. The van der Waals surface area contributed by atoms with Crippen molar-refractivity contribution in [2.75, 3.05) is 19.6 Å². The van der Waals surface area contributed by atoms with Gasteiger partial charge in [0.15, 0.2) is 0 Å². The Balaban J connectivity index is 1.68. The van der Waals surface area contributed by atoms with Crippen LogP contribution in [-0.2, 0) is 15.0 Å². The Hall–Kier alpha value is -0.660. The third-order valence-corrected chi connectivity index (χ3v) is 8.69. The molecule has 1 saturated carbocycles. The zero-order chi connectivity index (χ0) is 17.4. The zero-order valence-corrected chi connectivity index (χ0v) is 15.4. The van der Waals surface area contributed by atoms with E-state index < -0.39 is 28.1 Å². The molecule has 0 bridgehead atoms. The molecule has 138 valence electrons. The molecule has 3 fully saturated rings. The number of rotatable bonds is 3. The first-order valence-electron chi connectivity index (χ1n) is 9.35. The summed E-state index contributed by atoms with van der Waals surface area (Å²) in [4.78, 5) is 11.4. The third-order valence-electron chi connectivity index (χ3n) is 6.57. The van der Waals surface area contributed by atoms with Crippen LogP contribution in [0.2, 0.25) is 0 Å². The van der Waals surface area contributed by atoms with Crippen molar-refractivity contribution >= 4 is 16.2 Å². The van der Waals surface area contributed by atoms with Gasteiger partial charge in [-0.1, -0.05) is 19.3 Å². The smallest absolute Gasteiger partial charge is 0.308 e. The molecule has 0 radical (unpaired) electrons. The molecular formula is C17H30N2O4S. The van der Waals surface area contributed by atoms with E-state index >= 15 is 0 Å². The molecular weight excluding hydrogens is 328 g/mol. The normalized spacial score (nSPS) is 32.7. The van der Waals surface area contributed by atoms with Gasteiger partial charge in [0.2, 0.25) is 0 Å². The van der Waals surface area contributed by atoms with Crippen molar-refractivity contribution in [3.8, 4) is 0 Å². The minimum atomic E-state index is -3.55. The molecule has 0 aromatic carbocycles. The van der Waals surface area contributed by atoms with Crippen LogP contribution in [0.4, 0.5) is 0 Å². The van der Waals surface area contributed by atoms with E-state index in [1.807, 2.05) is 0 Å². The number of carbonyl (C=O) groups is 1. The summed E-state index contributed by atoms with van der Waals surface area (Å²) in [6.07, 6.45) is 9.43. The maximum absolute atomic E-state index is 13.0. The number of hydrogen-bond acceptors (Lipinski definition) is 3. The lowest BCUT2D eigenvalue weighted by Crippen LogP contribution is -2.56. The molecule has 7 heteroatoms. The van der Waals surface area contributed by atoms with E-state index in [9.17, 15) is 18.3 Å². The third kappa shape index (κ3) is 3.35. The van der Waals surface area contributed by atoms with Crippen LogP contribution < -0.4 is 0 Å². The maximum Gasteiger partial charge on any atom is 0.308 e. The summed E-state index contributed by atoms with van der Waals surface area (Å²) < 4.78 is 29.1. The predicted molar refractivity (Wildman–Crippen MR) is 91.8 cm³/mol. The summed E-state index contributed by atoms with van der Waals surface area (Å²) in [7, 11) is -3.55. The van der Waals surface area contributed by atoms with E-state index in [-0.39, 0.29) is 0 Å². The maximum atomic E-state index is 13.0. The predicted octanol–water partition coefficient (Wildman–Crippen LogP) is 2.46. The van der Waals surface area contributed by atoms with Crippen LogP contribution in [0, 0.1) is 11.3 Å². The van der Waals surface area contributed by atoms with Crippen LogP contribution in [0.1, 0.15) is 64.7 Å². The Bertz CT molecular complexity index is 561. The molecule has 0 aromatic heterocycles. The van der Waals surface area contributed by atoms with Crippen molar-refractivity contribution in [3.63, 3.8) is 0 Å². The Morgan fingerprint density at radius 3 is 2.21 bits per heavy atom. The summed E-state index contributed by atoms with van der Waals surface area (Å²) in [5, 5.41) is 9.33. The van der Waals surface area contributed by atoms with Gasteiger partial charge in [0.1, 0.15) is 0 Å². The highest BCUT2D eigenvalue weighted by Crippen LogP contribution is 2.45. The SMILES string of the molecule is C[C@@H]1[C@H](C(=O)O)CCCN1S(=O)(=O)N1CCC2(CCCCC2)CC1.